The van der Waals surface area contributed by atoms with Gasteiger partial charge < -0.3 is 9.88 Å². The highest BCUT2D eigenvalue weighted by Gasteiger charge is 2.23. The van der Waals surface area contributed by atoms with Crippen LogP contribution in [0.15, 0.2) is 29.8 Å². The van der Waals surface area contributed by atoms with Gasteiger partial charge in [-0.3, -0.25) is 0 Å². The smallest absolute Gasteiger partial charge is 0.233 e. The maximum absolute atomic E-state index is 11.5. The lowest BCUT2D eigenvalue weighted by Gasteiger charge is -2.09. The summed E-state index contributed by atoms with van der Waals surface area (Å²) >= 11 is 0. The monoisotopic (exact) mass is 319 g/mol. The summed E-state index contributed by atoms with van der Waals surface area (Å²) in [5.41, 5.74) is 3.31. The minimum atomic E-state index is -3.34. The van der Waals surface area contributed by atoms with Gasteiger partial charge in [0.15, 0.2) is 0 Å². The number of benzene rings is 1. The SMILES string of the molecule is CNS(=O)(=O)C=Cc1ccc2[nH]cc(C3CCN(C)C3)c2c1. The van der Waals surface area contributed by atoms with Crippen molar-refractivity contribution in [1.29, 1.82) is 0 Å². The predicted molar refractivity (Wildman–Crippen MR) is 90.2 cm³/mol. The molecule has 22 heavy (non-hydrogen) atoms. The Kier molecular flexibility index (Phi) is 4.08. The molecule has 0 bridgehead atoms. The standard InChI is InChI=1S/C16H21N3O2S/c1-17-22(20,21)8-6-12-3-4-16-14(9-12)15(10-18-16)13-5-7-19(2)11-13/h3-4,6,8-10,13,17-18H,5,7,11H2,1-2H3. The molecule has 1 aromatic carbocycles. The first kappa shape index (κ1) is 15.3. The van der Waals surface area contributed by atoms with Gasteiger partial charge in [0.25, 0.3) is 0 Å². The summed E-state index contributed by atoms with van der Waals surface area (Å²) in [6, 6.07) is 5.98. The average molecular weight is 319 g/mol. The normalized spacial score (nSPS) is 20.4. The summed E-state index contributed by atoms with van der Waals surface area (Å²) in [6.07, 6.45) is 4.88. The van der Waals surface area contributed by atoms with Crippen LogP contribution in [0.1, 0.15) is 23.5 Å². The van der Waals surface area contributed by atoms with Crippen LogP contribution in [0.3, 0.4) is 0 Å². The lowest BCUT2D eigenvalue weighted by Crippen LogP contribution is -2.14. The molecule has 1 aliphatic rings. The number of fused-ring (bicyclic) bond motifs is 1. The lowest BCUT2D eigenvalue weighted by molar-refractivity contribution is 0.412. The first-order valence-corrected chi connectivity index (χ1v) is 8.94. The predicted octanol–water partition coefficient (Wildman–Crippen LogP) is 2.11. The van der Waals surface area contributed by atoms with E-state index in [-0.39, 0.29) is 0 Å². The van der Waals surface area contributed by atoms with Crippen molar-refractivity contribution >= 4 is 27.0 Å². The van der Waals surface area contributed by atoms with Gasteiger partial charge in [-0.2, -0.15) is 0 Å². The van der Waals surface area contributed by atoms with E-state index in [1.807, 2.05) is 12.1 Å². The number of nitrogens with one attached hydrogen (secondary N) is 2. The summed E-state index contributed by atoms with van der Waals surface area (Å²) in [5, 5.41) is 2.38. The van der Waals surface area contributed by atoms with Crippen LogP contribution in [0.2, 0.25) is 0 Å². The first-order valence-electron chi connectivity index (χ1n) is 7.40. The average Bonchev–Trinajstić information content (AvgIpc) is 3.10. The number of sulfonamides is 1. The second kappa shape index (κ2) is 5.87. The Morgan fingerprint density at radius 1 is 1.41 bits per heavy atom. The third-order valence-electron chi connectivity index (χ3n) is 4.29. The van der Waals surface area contributed by atoms with E-state index in [1.54, 1.807) is 6.08 Å². The zero-order valence-corrected chi connectivity index (χ0v) is 13.7. The van der Waals surface area contributed by atoms with Gasteiger partial charge in [-0.1, -0.05) is 6.07 Å². The van der Waals surface area contributed by atoms with Crippen LogP contribution in [0.4, 0.5) is 0 Å². The zero-order valence-electron chi connectivity index (χ0n) is 12.8. The Hall–Kier alpha value is -1.63. The molecule has 1 atom stereocenters. The first-order chi connectivity index (χ1) is 10.5. The van der Waals surface area contributed by atoms with Crippen molar-refractivity contribution in [1.82, 2.24) is 14.6 Å². The van der Waals surface area contributed by atoms with E-state index in [9.17, 15) is 8.42 Å². The van der Waals surface area contributed by atoms with E-state index in [4.69, 9.17) is 0 Å². The molecule has 0 spiro atoms. The zero-order chi connectivity index (χ0) is 15.7. The number of H-pyrrole nitrogens is 1. The molecule has 0 saturated carbocycles. The molecule has 0 radical (unpaired) electrons. The molecule has 118 valence electrons. The highest BCUT2D eigenvalue weighted by Crippen LogP contribution is 2.32. The van der Waals surface area contributed by atoms with Crippen molar-refractivity contribution in [2.24, 2.45) is 0 Å². The molecule has 6 heteroatoms. The van der Waals surface area contributed by atoms with Crippen molar-refractivity contribution in [3.63, 3.8) is 0 Å². The molecule has 2 N–H and O–H groups in total. The molecule has 3 rings (SSSR count). The second-order valence-corrected chi connectivity index (χ2v) is 7.62. The number of hydrogen-bond acceptors (Lipinski definition) is 3. The summed E-state index contributed by atoms with van der Waals surface area (Å²) in [6.45, 7) is 2.19. The van der Waals surface area contributed by atoms with Crippen molar-refractivity contribution in [3.05, 3.63) is 40.9 Å². The Labute approximate surface area is 131 Å². The molecule has 0 amide bonds. The molecule has 1 aliphatic heterocycles. The highest BCUT2D eigenvalue weighted by atomic mass is 32.2. The van der Waals surface area contributed by atoms with E-state index in [0.29, 0.717) is 5.92 Å². The topological polar surface area (TPSA) is 65.2 Å². The fraction of sp³-hybridized carbons (Fsp3) is 0.375. The van der Waals surface area contributed by atoms with Crippen LogP contribution in [0.5, 0.6) is 0 Å². The number of rotatable bonds is 4. The minimum absolute atomic E-state index is 0.541. The van der Waals surface area contributed by atoms with Gasteiger partial charge in [-0.25, -0.2) is 13.1 Å². The summed E-state index contributed by atoms with van der Waals surface area (Å²) in [4.78, 5) is 5.66. The van der Waals surface area contributed by atoms with Crippen LogP contribution >= 0.6 is 0 Å². The molecular weight excluding hydrogens is 298 g/mol. The fourth-order valence-corrected chi connectivity index (χ4v) is 3.50. The van der Waals surface area contributed by atoms with Gasteiger partial charge in [0, 0.05) is 29.1 Å². The van der Waals surface area contributed by atoms with E-state index in [0.717, 1.165) is 30.6 Å². The Morgan fingerprint density at radius 2 is 2.23 bits per heavy atom. The maximum Gasteiger partial charge on any atom is 0.233 e. The molecule has 2 aromatic rings. The van der Waals surface area contributed by atoms with Crippen LogP contribution in [-0.2, 0) is 10.0 Å². The summed E-state index contributed by atoms with van der Waals surface area (Å²) < 4.78 is 25.3. The number of nitrogens with zero attached hydrogens (tertiary/aromatic N) is 1. The molecule has 1 unspecified atom stereocenters. The van der Waals surface area contributed by atoms with Crippen molar-refractivity contribution in [2.45, 2.75) is 12.3 Å². The fourth-order valence-electron chi connectivity index (χ4n) is 3.03. The van der Waals surface area contributed by atoms with Crippen LogP contribution in [0.25, 0.3) is 17.0 Å². The van der Waals surface area contributed by atoms with Gasteiger partial charge in [-0.15, -0.1) is 0 Å². The molecule has 1 aromatic heterocycles. The molecular formula is C16H21N3O2S. The van der Waals surface area contributed by atoms with Crippen molar-refractivity contribution in [2.75, 3.05) is 27.2 Å². The second-order valence-electron chi connectivity index (χ2n) is 5.85. The van der Waals surface area contributed by atoms with E-state index >= 15 is 0 Å². The molecule has 5 nitrogen and oxygen atoms in total. The van der Waals surface area contributed by atoms with Crippen molar-refractivity contribution in [3.8, 4) is 0 Å². The molecule has 1 saturated heterocycles. The minimum Gasteiger partial charge on any atom is -0.361 e. The summed E-state index contributed by atoms with van der Waals surface area (Å²) in [7, 11) is 0.215. The number of aromatic nitrogens is 1. The third-order valence-corrected chi connectivity index (χ3v) is 5.36. The Morgan fingerprint density at radius 3 is 2.91 bits per heavy atom. The van der Waals surface area contributed by atoms with Gasteiger partial charge in [0.2, 0.25) is 10.0 Å². The third kappa shape index (κ3) is 3.09. The van der Waals surface area contributed by atoms with Crippen molar-refractivity contribution < 1.29 is 8.42 Å². The van der Waals surface area contributed by atoms with E-state index in [2.05, 4.69) is 33.9 Å². The number of likely N-dealkylation sites (tertiary alicyclic amines) is 1. The number of aromatic amines is 1. The quantitative estimate of drug-likeness (QED) is 0.907. The number of hydrogen-bond donors (Lipinski definition) is 2. The lowest BCUT2D eigenvalue weighted by atomic mass is 9.97. The van der Waals surface area contributed by atoms with Crippen LogP contribution in [-0.4, -0.2) is 45.5 Å². The molecule has 1 fully saturated rings. The molecule has 0 aliphatic carbocycles. The highest BCUT2D eigenvalue weighted by molar-refractivity contribution is 7.92. The van der Waals surface area contributed by atoms with E-state index in [1.165, 1.54) is 23.4 Å². The largest absolute Gasteiger partial charge is 0.361 e. The van der Waals surface area contributed by atoms with Gasteiger partial charge in [0.05, 0.1) is 0 Å². The van der Waals surface area contributed by atoms with Crippen LogP contribution < -0.4 is 4.72 Å². The van der Waals surface area contributed by atoms with Crippen LogP contribution in [0, 0.1) is 0 Å². The Balaban J connectivity index is 1.95. The molecule has 2 heterocycles. The maximum atomic E-state index is 11.5. The Bertz CT molecular complexity index is 808. The van der Waals surface area contributed by atoms with Gasteiger partial charge in [-0.05, 0) is 62.3 Å². The van der Waals surface area contributed by atoms with E-state index < -0.39 is 10.0 Å². The number of likely N-dealkylation sites (N-methyl/N-ethyl adjacent to an activating group) is 1. The summed E-state index contributed by atoms with van der Waals surface area (Å²) in [5.74, 6) is 0.541. The van der Waals surface area contributed by atoms with Gasteiger partial charge >= 0.3 is 0 Å². The van der Waals surface area contributed by atoms with Gasteiger partial charge in [0.1, 0.15) is 0 Å².